The van der Waals surface area contributed by atoms with Crippen molar-refractivity contribution in [1.82, 2.24) is 19.5 Å². The fraction of sp³-hybridized carbons (Fsp3) is 0.538. The monoisotopic (exact) mass is 383 g/mol. The van der Waals surface area contributed by atoms with Crippen molar-refractivity contribution in [3.05, 3.63) is 12.7 Å². The molecule has 2 fully saturated rings. The number of nitrogen functional groups attached to an aromatic ring is 1. The summed E-state index contributed by atoms with van der Waals surface area (Å²) in [5.74, 6) is -0.101. The maximum absolute atomic E-state index is 10.9. The molecule has 2 N–H and O–H groups in total. The van der Waals surface area contributed by atoms with Crippen molar-refractivity contribution in [2.75, 3.05) is 19.1 Å². The van der Waals surface area contributed by atoms with Gasteiger partial charge in [0, 0.05) is 0 Å². The van der Waals surface area contributed by atoms with Crippen LogP contribution in [0.4, 0.5) is 5.82 Å². The molecule has 2 aromatic heterocycles. The molecular weight excluding hydrogens is 364 g/mol. The van der Waals surface area contributed by atoms with Gasteiger partial charge in [0.1, 0.15) is 0 Å². The number of nitrogens with two attached hydrogens (primary N) is 1. The zero-order valence-electron chi connectivity index (χ0n) is 14.3. The van der Waals surface area contributed by atoms with Crippen molar-refractivity contribution in [2.24, 2.45) is 0 Å². The van der Waals surface area contributed by atoms with E-state index >= 15 is 0 Å². The van der Waals surface area contributed by atoms with E-state index in [1.54, 1.807) is 13.9 Å². The second kappa shape index (κ2) is 6.71. The normalized spacial score (nSPS) is 28.6. The number of ether oxygens (including phenoxy) is 2. The number of anilines is 1. The molecule has 26 heavy (non-hydrogen) atoms. The van der Waals surface area contributed by atoms with Crippen LogP contribution in [0.2, 0.25) is 0 Å². The van der Waals surface area contributed by atoms with E-state index in [9.17, 15) is 4.79 Å². The number of aromatic nitrogens is 4. The molecule has 0 aromatic carbocycles. The second-order valence-electron chi connectivity index (χ2n) is 6.18. The molecule has 2 aromatic rings. The Bertz CT molecular complexity index is 838. The summed E-state index contributed by atoms with van der Waals surface area (Å²) < 4.78 is 30.0. The van der Waals surface area contributed by atoms with Crippen LogP contribution in [0.5, 0.6) is 0 Å². The quantitative estimate of drug-likeness (QED) is 0.324. The van der Waals surface area contributed by atoms with Crippen LogP contribution in [-0.2, 0) is 27.8 Å². The Labute approximate surface area is 150 Å². The Morgan fingerprint density at radius 1 is 1.46 bits per heavy atom. The van der Waals surface area contributed by atoms with Crippen LogP contribution < -0.4 is 5.73 Å². The number of hydrogen-bond donors (Lipinski definition) is 1. The van der Waals surface area contributed by atoms with Gasteiger partial charge in [-0.25, -0.2) is 0 Å². The summed E-state index contributed by atoms with van der Waals surface area (Å²) in [7, 11) is -1.13. The Morgan fingerprint density at radius 3 is 3.12 bits per heavy atom. The predicted octanol–water partition coefficient (Wildman–Crippen LogP) is -0.308. The Balaban J connectivity index is 1.46. The molecule has 2 saturated heterocycles. The van der Waals surface area contributed by atoms with Gasteiger partial charge in [-0.05, 0) is 0 Å². The standard InChI is InChI=1S/C13H19BN5O6P/c1-7(20)21-6-23-26(14)22-3-9-8(25-26)2-10(24-9)19-5-18-11-12(15)16-4-17-13(11)19/h4-5,8-10,26H,2-3,6,14H2,1H3,(H2,15,16,17)/t8-,9+,10+/m0/s1. The first kappa shape index (κ1) is 17.6. The average Bonchev–Trinajstić information content (AvgIpc) is 3.18. The third kappa shape index (κ3) is 3.26. The summed E-state index contributed by atoms with van der Waals surface area (Å²) in [6, 6.07) is 0. The summed E-state index contributed by atoms with van der Waals surface area (Å²) in [6.07, 6.45) is 2.88. The van der Waals surface area contributed by atoms with E-state index in [1.807, 2.05) is 4.57 Å². The number of carbonyl (C=O) groups is 1. The minimum atomic E-state index is -2.89. The molecule has 0 saturated carbocycles. The molecule has 0 unspecified atom stereocenters. The van der Waals surface area contributed by atoms with Crippen molar-refractivity contribution in [2.45, 2.75) is 31.8 Å². The number of rotatable bonds is 4. The van der Waals surface area contributed by atoms with E-state index < -0.39 is 13.8 Å². The van der Waals surface area contributed by atoms with Gasteiger partial charge in [-0.15, -0.1) is 0 Å². The first-order valence-electron chi connectivity index (χ1n) is 8.13. The van der Waals surface area contributed by atoms with E-state index in [0.717, 1.165) is 0 Å². The topological polar surface area (TPSA) is 133 Å². The first-order valence-corrected chi connectivity index (χ1v) is 10.4. The molecule has 140 valence electrons. The summed E-state index contributed by atoms with van der Waals surface area (Å²) in [5, 5.41) is 0. The third-order valence-corrected chi connectivity index (χ3v) is 6.40. The van der Waals surface area contributed by atoms with Crippen molar-refractivity contribution >= 4 is 38.3 Å². The van der Waals surface area contributed by atoms with Crippen molar-refractivity contribution in [1.29, 1.82) is 0 Å². The van der Waals surface area contributed by atoms with Crippen LogP contribution in [-0.4, -0.2) is 58.7 Å². The van der Waals surface area contributed by atoms with Gasteiger partial charge in [0.2, 0.25) is 0 Å². The zero-order chi connectivity index (χ0) is 18.3. The van der Waals surface area contributed by atoms with Crippen LogP contribution in [0.15, 0.2) is 12.7 Å². The van der Waals surface area contributed by atoms with E-state index in [1.165, 1.54) is 13.3 Å². The van der Waals surface area contributed by atoms with Crippen LogP contribution in [0.1, 0.15) is 19.6 Å². The summed E-state index contributed by atoms with van der Waals surface area (Å²) in [5.41, 5.74) is 6.97. The van der Waals surface area contributed by atoms with E-state index in [-0.39, 0.29) is 25.2 Å². The Morgan fingerprint density at radius 2 is 2.31 bits per heavy atom. The molecule has 0 radical (unpaired) electrons. The van der Waals surface area contributed by atoms with Gasteiger partial charge in [0.25, 0.3) is 0 Å². The second-order valence-corrected chi connectivity index (χ2v) is 8.71. The van der Waals surface area contributed by atoms with Crippen LogP contribution >= 0.6 is 7.82 Å². The summed E-state index contributed by atoms with van der Waals surface area (Å²) in [4.78, 5) is 23.3. The molecule has 4 rings (SSSR count). The van der Waals surface area contributed by atoms with Gasteiger partial charge in [-0.3, -0.25) is 0 Å². The van der Waals surface area contributed by atoms with Crippen molar-refractivity contribution < 1.29 is 27.8 Å². The first-order chi connectivity index (χ1) is 12.5. The molecule has 0 aliphatic carbocycles. The fourth-order valence-electron chi connectivity index (χ4n) is 3.06. The maximum atomic E-state index is 10.9. The molecule has 2 aliphatic heterocycles. The molecule has 0 amide bonds. The van der Waals surface area contributed by atoms with Gasteiger partial charge in [0.05, 0.1) is 0 Å². The summed E-state index contributed by atoms with van der Waals surface area (Å²) >= 11 is 0. The molecule has 2 aliphatic rings. The zero-order valence-corrected chi connectivity index (χ0v) is 15.3. The summed E-state index contributed by atoms with van der Waals surface area (Å²) in [6.45, 7) is 1.46. The fourth-order valence-corrected chi connectivity index (χ4v) is 4.82. The average molecular weight is 383 g/mol. The van der Waals surface area contributed by atoms with E-state index in [2.05, 4.69) is 15.0 Å². The molecule has 0 spiro atoms. The van der Waals surface area contributed by atoms with Crippen LogP contribution in [0.3, 0.4) is 0 Å². The molecule has 4 heterocycles. The molecule has 13 heteroatoms. The van der Waals surface area contributed by atoms with E-state index in [0.29, 0.717) is 30.0 Å². The number of fused-ring (bicyclic) bond motifs is 2. The molecule has 11 nitrogen and oxygen atoms in total. The molecule has 3 atom stereocenters. The SMILES string of the molecule is B[PH]1(OCOC(C)=O)OC[C@H]2O[C@@H](n3cnc4c(N)ncnc43)C[C@@H]2O1. The molecule has 0 bridgehead atoms. The van der Waals surface area contributed by atoms with Crippen molar-refractivity contribution in [3.63, 3.8) is 0 Å². The minimum absolute atomic E-state index is 0.192. The number of nitrogens with zero attached hydrogens (tertiary/aromatic N) is 4. The number of esters is 1. The van der Waals surface area contributed by atoms with Gasteiger partial charge < -0.3 is 0 Å². The molecular formula is C13H19BN5O6P. The van der Waals surface area contributed by atoms with Crippen molar-refractivity contribution in [3.8, 4) is 0 Å². The van der Waals surface area contributed by atoms with Gasteiger partial charge >= 0.3 is 149 Å². The van der Waals surface area contributed by atoms with Gasteiger partial charge in [0.15, 0.2) is 0 Å². The Hall–Kier alpha value is -1.85. The van der Waals surface area contributed by atoms with Gasteiger partial charge in [-0.1, -0.05) is 0 Å². The van der Waals surface area contributed by atoms with Crippen LogP contribution in [0, 0.1) is 0 Å². The van der Waals surface area contributed by atoms with Gasteiger partial charge in [-0.2, -0.15) is 0 Å². The Kier molecular flexibility index (Phi) is 4.53. The van der Waals surface area contributed by atoms with Crippen LogP contribution in [0.25, 0.3) is 11.2 Å². The number of hydrogen-bond acceptors (Lipinski definition) is 10. The number of carbonyl (C=O) groups excluding carboxylic acids is 1. The van der Waals surface area contributed by atoms with E-state index in [4.69, 9.17) is 28.8 Å². The third-order valence-electron chi connectivity index (χ3n) is 4.34. The predicted molar refractivity (Wildman–Crippen MR) is 93.7 cm³/mol. The number of imidazole rings is 1.